The number of aromatic nitrogens is 2. The Balaban J connectivity index is 2.26. The van der Waals surface area contributed by atoms with Gasteiger partial charge in [-0.1, -0.05) is 11.8 Å². The van der Waals surface area contributed by atoms with Crippen molar-refractivity contribution in [2.75, 3.05) is 5.75 Å². The van der Waals surface area contributed by atoms with Crippen LogP contribution in [0.1, 0.15) is 31.5 Å². The van der Waals surface area contributed by atoms with Crippen molar-refractivity contribution >= 4 is 17.7 Å². The van der Waals surface area contributed by atoms with E-state index in [4.69, 9.17) is 5.11 Å². The average molecular weight is 294 g/mol. The highest BCUT2D eigenvalue weighted by Gasteiger charge is 2.37. The first-order chi connectivity index (χ1) is 8.79. The van der Waals surface area contributed by atoms with Crippen LogP contribution in [-0.2, 0) is 11.0 Å². The molecule has 1 saturated carbocycles. The second kappa shape index (κ2) is 5.07. The van der Waals surface area contributed by atoms with E-state index in [1.807, 2.05) is 6.92 Å². The summed E-state index contributed by atoms with van der Waals surface area (Å²) >= 11 is 0.867. The first kappa shape index (κ1) is 14.2. The largest absolute Gasteiger partial charge is 0.481 e. The monoisotopic (exact) mass is 294 g/mol. The minimum atomic E-state index is -4.51. The van der Waals surface area contributed by atoms with Gasteiger partial charge in [0.15, 0.2) is 5.69 Å². The first-order valence-corrected chi connectivity index (χ1v) is 6.79. The van der Waals surface area contributed by atoms with Crippen molar-refractivity contribution in [3.8, 4) is 0 Å². The van der Waals surface area contributed by atoms with Gasteiger partial charge in [-0.15, -0.1) is 0 Å². The average Bonchev–Trinajstić information content (AvgIpc) is 3.03. The summed E-state index contributed by atoms with van der Waals surface area (Å²) in [6.45, 7) is 1.82. The van der Waals surface area contributed by atoms with Gasteiger partial charge in [-0.25, -0.2) is 0 Å². The molecule has 1 atom stereocenters. The summed E-state index contributed by atoms with van der Waals surface area (Å²) in [5, 5.41) is 12.5. The zero-order valence-electron chi connectivity index (χ0n) is 10.1. The Bertz CT molecular complexity index is 483. The second-order valence-electron chi connectivity index (χ2n) is 4.57. The zero-order valence-corrected chi connectivity index (χ0v) is 11.0. The van der Waals surface area contributed by atoms with Gasteiger partial charge in [0.25, 0.3) is 0 Å². The molecule has 0 saturated heterocycles. The molecule has 0 amide bonds. The topological polar surface area (TPSA) is 55.1 Å². The predicted molar refractivity (Wildman–Crippen MR) is 63.0 cm³/mol. The summed E-state index contributed by atoms with van der Waals surface area (Å²) in [4.78, 5) is 10.5. The molecule has 0 bridgehead atoms. The lowest BCUT2D eigenvalue weighted by atomic mass is 10.2. The lowest BCUT2D eigenvalue weighted by Crippen LogP contribution is -2.13. The van der Waals surface area contributed by atoms with Gasteiger partial charge in [0.1, 0.15) is 0 Å². The molecule has 1 aliphatic rings. The predicted octanol–water partition coefficient (Wildman–Crippen LogP) is 3.05. The summed E-state index contributed by atoms with van der Waals surface area (Å²) < 4.78 is 39.3. The van der Waals surface area contributed by atoms with E-state index in [-0.39, 0.29) is 16.8 Å². The Morgan fingerprint density at radius 3 is 2.74 bits per heavy atom. The van der Waals surface area contributed by atoms with Crippen LogP contribution in [-0.4, -0.2) is 26.6 Å². The van der Waals surface area contributed by atoms with E-state index in [9.17, 15) is 18.0 Å². The number of thioether (sulfide) groups is 1. The molecule has 0 aromatic carbocycles. The highest BCUT2D eigenvalue weighted by molar-refractivity contribution is 7.99. The Kier molecular flexibility index (Phi) is 3.80. The molecule has 19 heavy (non-hydrogen) atoms. The van der Waals surface area contributed by atoms with Crippen LogP contribution < -0.4 is 0 Å². The third kappa shape index (κ3) is 3.43. The van der Waals surface area contributed by atoms with Crippen LogP contribution in [0.25, 0.3) is 0 Å². The van der Waals surface area contributed by atoms with Gasteiger partial charge in [-0.2, -0.15) is 18.3 Å². The molecule has 1 aromatic rings. The van der Waals surface area contributed by atoms with E-state index in [2.05, 4.69) is 5.10 Å². The summed E-state index contributed by atoms with van der Waals surface area (Å²) in [6.07, 6.45) is -2.55. The number of nitrogens with zero attached hydrogens (tertiary/aromatic N) is 2. The number of carboxylic acids is 1. The number of carboxylic acid groups (broad SMARTS) is 1. The van der Waals surface area contributed by atoms with Crippen molar-refractivity contribution in [1.82, 2.24) is 9.78 Å². The van der Waals surface area contributed by atoms with Crippen LogP contribution in [0.2, 0.25) is 0 Å². The maximum absolute atomic E-state index is 12.7. The zero-order chi connectivity index (χ0) is 14.2. The minimum Gasteiger partial charge on any atom is -0.481 e. The molecule has 1 N–H and O–H groups in total. The number of alkyl halides is 3. The maximum Gasteiger partial charge on any atom is 0.435 e. The van der Waals surface area contributed by atoms with Crippen LogP contribution in [0.3, 0.4) is 0 Å². The molecule has 1 aromatic heterocycles. The van der Waals surface area contributed by atoms with E-state index in [0.29, 0.717) is 5.92 Å². The molecule has 0 aliphatic heterocycles. The minimum absolute atomic E-state index is 0.132. The SMILES string of the molecule is CC(C1CC1)n1nc(C(F)(F)F)cc1SCC(=O)O. The van der Waals surface area contributed by atoms with Crippen LogP contribution in [0, 0.1) is 5.92 Å². The molecular weight excluding hydrogens is 281 g/mol. The Labute approximate surface area is 112 Å². The first-order valence-electron chi connectivity index (χ1n) is 5.80. The van der Waals surface area contributed by atoms with Gasteiger partial charge in [0.05, 0.1) is 16.8 Å². The van der Waals surface area contributed by atoms with E-state index < -0.39 is 17.8 Å². The Morgan fingerprint density at radius 2 is 2.26 bits per heavy atom. The molecule has 1 fully saturated rings. The number of carbonyl (C=O) groups is 1. The highest BCUT2D eigenvalue weighted by Crippen LogP contribution is 2.42. The van der Waals surface area contributed by atoms with Gasteiger partial charge in [-0.3, -0.25) is 9.48 Å². The van der Waals surface area contributed by atoms with Gasteiger partial charge < -0.3 is 5.11 Å². The summed E-state index contributed by atoms with van der Waals surface area (Å²) in [5.74, 6) is -1.00. The fraction of sp³-hybridized carbons (Fsp3) is 0.636. The molecule has 1 unspecified atom stereocenters. The molecule has 0 spiro atoms. The Hall–Kier alpha value is -1.18. The number of aliphatic carboxylic acids is 1. The smallest absolute Gasteiger partial charge is 0.435 e. The molecule has 1 heterocycles. The van der Waals surface area contributed by atoms with Gasteiger partial charge in [-0.05, 0) is 25.7 Å². The third-order valence-electron chi connectivity index (χ3n) is 3.03. The second-order valence-corrected chi connectivity index (χ2v) is 5.57. The maximum atomic E-state index is 12.7. The quantitative estimate of drug-likeness (QED) is 0.848. The number of hydrogen-bond donors (Lipinski definition) is 1. The summed E-state index contributed by atoms with van der Waals surface area (Å²) in [7, 11) is 0. The fourth-order valence-corrected chi connectivity index (χ4v) is 2.64. The lowest BCUT2D eigenvalue weighted by Gasteiger charge is -2.14. The Morgan fingerprint density at radius 1 is 1.63 bits per heavy atom. The molecule has 106 valence electrons. The molecule has 2 rings (SSSR count). The van der Waals surface area contributed by atoms with Crippen LogP contribution in [0.5, 0.6) is 0 Å². The fourth-order valence-electron chi connectivity index (χ4n) is 1.83. The van der Waals surface area contributed by atoms with Crippen LogP contribution >= 0.6 is 11.8 Å². The van der Waals surface area contributed by atoms with Crippen molar-refractivity contribution in [1.29, 1.82) is 0 Å². The van der Waals surface area contributed by atoms with Crippen LogP contribution in [0.15, 0.2) is 11.1 Å². The standard InChI is InChI=1S/C11H13F3N2O2S/c1-6(7-2-3-7)16-9(19-5-10(17)18)4-8(15-16)11(12,13)14/h4,6-7H,2-3,5H2,1H3,(H,17,18). The highest BCUT2D eigenvalue weighted by atomic mass is 32.2. The van der Waals surface area contributed by atoms with Gasteiger partial charge in [0.2, 0.25) is 0 Å². The van der Waals surface area contributed by atoms with E-state index in [0.717, 1.165) is 30.7 Å². The molecule has 8 heteroatoms. The summed E-state index contributed by atoms with van der Waals surface area (Å²) in [6, 6.07) is 0.791. The molecule has 0 radical (unpaired) electrons. The van der Waals surface area contributed by atoms with E-state index >= 15 is 0 Å². The van der Waals surface area contributed by atoms with E-state index in [1.165, 1.54) is 4.68 Å². The van der Waals surface area contributed by atoms with Gasteiger partial charge >= 0.3 is 12.1 Å². The van der Waals surface area contributed by atoms with Crippen molar-refractivity contribution in [3.05, 3.63) is 11.8 Å². The van der Waals surface area contributed by atoms with Crippen LogP contribution in [0.4, 0.5) is 13.2 Å². The van der Waals surface area contributed by atoms with Gasteiger partial charge in [0, 0.05) is 6.07 Å². The summed E-state index contributed by atoms with van der Waals surface area (Å²) in [5.41, 5.74) is -0.965. The number of halogens is 3. The van der Waals surface area contributed by atoms with Crippen molar-refractivity contribution < 1.29 is 23.1 Å². The molecular formula is C11H13F3N2O2S. The molecule has 4 nitrogen and oxygen atoms in total. The number of hydrogen-bond acceptors (Lipinski definition) is 3. The lowest BCUT2D eigenvalue weighted by molar-refractivity contribution is -0.141. The van der Waals surface area contributed by atoms with Crippen molar-refractivity contribution in [2.24, 2.45) is 5.92 Å². The van der Waals surface area contributed by atoms with Crippen molar-refractivity contribution in [3.63, 3.8) is 0 Å². The normalized spacial score (nSPS) is 17.5. The molecule has 1 aliphatic carbocycles. The third-order valence-corrected chi connectivity index (χ3v) is 4.02. The van der Waals surface area contributed by atoms with E-state index in [1.54, 1.807) is 0 Å². The number of rotatable bonds is 5. The van der Waals surface area contributed by atoms with Crippen molar-refractivity contribution in [2.45, 2.75) is 37.0 Å².